The monoisotopic (exact) mass is 362 g/mol. The van der Waals surface area contributed by atoms with Gasteiger partial charge in [0.05, 0.1) is 18.2 Å². The maximum Gasteiger partial charge on any atom is 0.276 e. The molecule has 8 heteroatoms. The summed E-state index contributed by atoms with van der Waals surface area (Å²) in [6, 6.07) is 8.34. The molecule has 1 aliphatic heterocycles. The zero-order valence-corrected chi connectivity index (χ0v) is 14.5. The Bertz CT molecular complexity index is 733. The molecule has 1 aromatic heterocycles. The lowest BCUT2D eigenvalue weighted by Crippen LogP contribution is -2.20. The van der Waals surface area contributed by atoms with Gasteiger partial charge in [-0.2, -0.15) is 0 Å². The maximum atomic E-state index is 12.2. The molecule has 0 aliphatic carbocycles. The normalized spacial score (nSPS) is 16.5. The molecule has 3 rings (SSSR count). The van der Waals surface area contributed by atoms with Gasteiger partial charge in [0.15, 0.2) is 5.69 Å². The summed E-state index contributed by atoms with van der Waals surface area (Å²) in [5.41, 5.74) is 0.771. The first kappa shape index (κ1) is 17.4. The van der Waals surface area contributed by atoms with E-state index < -0.39 is 0 Å². The molecule has 1 aromatic carbocycles. The van der Waals surface area contributed by atoms with Gasteiger partial charge in [0, 0.05) is 18.8 Å². The average Bonchev–Trinajstić information content (AvgIpc) is 3.14. The van der Waals surface area contributed by atoms with Crippen LogP contribution in [0.25, 0.3) is 0 Å². The molecule has 0 spiro atoms. The largest absolute Gasteiger partial charge is 0.495 e. The Balaban J connectivity index is 1.57. The van der Waals surface area contributed by atoms with Crippen molar-refractivity contribution in [3.63, 3.8) is 0 Å². The molecule has 2 heterocycles. The fourth-order valence-electron chi connectivity index (χ4n) is 2.51. The molecule has 1 fully saturated rings. The fourth-order valence-corrected chi connectivity index (χ4v) is 2.77. The summed E-state index contributed by atoms with van der Waals surface area (Å²) < 4.78 is 10.6. The first-order chi connectivity index (χ1) is 12.2. The van der Waals surface area contributed by atoms with Gasteiger partial charge >= 0.3 is 0 Å². The van der Waals surface area contributed by atoms with E-state index in [9.17, 15) is 4.79 Å². The van der Waals surface area contributed by atoms with E-state index in [4.69, 9.17) is 21.1 Å². The van der Waals surface area contributed by atoms with E-state index in [1.807, 2.05) is 0 Å². The summed E-state index contributed by atoms with van der Waals surface area (Å²) in [6.07, 6.45) is 2.35. The number of aromatic nitrogens is 2. The van der Waals surface area contributed by atoms with Crippen LogP contribution in [0.5, 0.6) is 5.75 Å². The molecule has 1 unspecified atom stereocenters. The van der Waals surface area contributed by atoms with Crippen molar-refractivity contribution in [1.29, 1.82) is 0 Å². The van der Waals surface area contributed by atoms with E-state index in [0.717, 1.165) is 19.4 Å². The van der Waals surface area contributed by atoms with Crippen molar-refractivity contribution in [3.8, 4) is 5.75 Å². The molecule has 2 N–H and O–H groups in total. The summed E-state index contributed by atoms with van der Waals surface area (Å²) >= 11 is 6.05. The number of carbonyl (C=O) groups is 1. The van der Waals surface area contributed by atoms with Crippen LogP contribution in [0.1, 0.15) is 23.3 Å². The third kappa shape index (κ3) is 4.58. The lowest BCUT2D eigenvalue weighted by atomic mass is 10.2. The lowest BCUT2D eigenvalue weighted by molar-refractivity contribution is 0.102. The summed E-state index contributed by atoms with van der Waals surface area (Å²) in [4.78, 5) is 12.2. The second kappa shape index (κ2) is 8.13. The number of methoxy groups -OCH3 is 1. The Labute approximate surface area is 150 Å². The molecular formula is C17H19ClN4O3. The van der Waals surface area contributed by atoms with Crippen LogP contribution < -0.4 is 15.4 Å². The summed E-state index contributed by atoms with van der Waals surface area (Å²) in [5.74, 6) is 0.792. The SMILES string of the molecule is COc1ccc(NC(=O)c2ccc(NCC3CCCO3)nn2)cc1Cl. The predicted octanol–water partition coefficient (Wildman–Crippen LogP) is 2.98. The van der Waals surface area contributed by atoms with Crippen LogP contribution in [0.2, 0.25) is 5.02 Å². The molecule has 25 heavy (non-hydrogen) atoms. The Morgan fingerprint density at radius 2 is 2.24 bits per heavy atom. The minimum Gasteiger partial charge on any atom is -0.495 e. The first-order valence-electron chi connectivity index (χ1n) is 8.00. The smallest absolute Gasteiger partial charge is 0.276 e. The number of halogens is 1. The van der Waals surface area contributed by atoms with Crippen LogP contribution in [-0.2, 0) is 4.74 Å². The molecule has 0 saturated carbocycles. The highest BCUT2D eigenvalue weighted by Crippen LogP contribution is 2.27. The molecule has 1 amide bonds. The molecule has 0 bridgehead atoms. The topological polar surface area (TPSA) is 85.4 Å². The van der Waals surface area contributed by atoms with Crippen molar-refractivity contribution in [2.75, 3.05) is 30.9 Å². The Hall–Kier alpha value is -2.38. The van der Waals surface area contributed by atoms with Gasteiger partial charge in [0.25, 0.3) is 5.91 Å². The van der Waals surface area contributed by atoms with Gasteiger partial charge in [-0.25, -0.2) is 0 Å². The maximum absolute atomic E-state index is 12.2. The van der Waals surface area contributed by atoms with Gasteiger partial charge < -0.3 is 20.1 Å². The molecule has 0 radical (unpaired) electrons. The van der Waals surface area contributed by atoms with Crippen molar-refractivity contribution < 1.29 is 14.3 Å². The zero-order valence-electron chi connectivity index (χ0n) is 13.8. The van der Waals surface area contributed by atoms with Crippen LogP contribution >= 0.6 is 11.6 Å². The Morgan fingerprint density at radius 1 is 1.36 bits per heavy atom. The van der Waals surface area contributed by atoms with E-state index in [2.05, 4.69) is 20.8 Å². The number of rotatable bonds is 6. The van der Waals surface area contributed by atoms with Crippen molar-refractivity contribution in [2.24, 2.45) is 0 Å². The third-order valence-electron chi connectivity index (χ3n) is 3.84. The molecule has 2 aromatic rings. The second-order valence-electron chi connectivity index (χ2n) is 5.62. The lowest BCUT2D eigenvalue weighted by Gasteiger charge is -2.11. The minimum atomic E-state index is -0.362. The van der Waals surface area contributed by atoms with Crippen LogP contribution in [0.15, 0.2) is 30.3 Å². The fraction of sp³-hybridized carbons (Fsp3) is 0.353. The van der Waals surface area contributed by atoms with E-state index in [1.54, 1.807) is 30.3 Å². The number of nitrogens with one attached hydrogen (secondary N) is 2. The van der Waals surface area contributed by atoms with Crippen LogP contribution in [0.4, 0.5) is 11.5 Å². The molecule has 1 aliphatic rings. The van der Waals surface area contributed by atoms with Gasteiger partial charge in [-0.3, -0.25) is 4.79 Å². The molecule has 1 saturated heterocycles. The van der Waals surface area contributed by atoms with Crippen molar-refractivity contribution >= 4 is 29.0 Å². The third-order valence-corrected chi connectivity index (χ3v) is 4.14. The van der Waals surface area contributed by atoms with Crippen molar-refractivity contribution in [3.05, 3.63) is 41.0 Å². The number of hydrogen-bond acceptors (Lipinski definition) is 6. The minimum absolute atomic E-state index is 0.213. The van der Waals surface area contributed by atoms with E-state index in [1.165, 1.54) is 7.11 Å². The molecule has 7 nitrogen and oxygen atoms in total. The van der Waals surface area contributed by atoms with Gasteiger partial charge in [-0.15, -0.1) is 10.2 Å². The van der Waals surface area contributed by atoms with Crippen LogP contribution in [-0.4, -0.2) is 42.5 Å². The summed E-state index contributed by atoms with van der Waals surface area (Å²) in [7, 11) is 1.53. The van der Waals surface area contributed by atoms with Gasteiger partial charge in [0.1, 0.15) is 11.6 Å². The molecular weight excluding hydrogens is 344 g/mol. The molecule has 1 atom stereocenters. The molecule has 132 valence electrons. The van der Waals surface area contributed by atoms with Crippen molar-refractivity contribution in [1.82, 2.24) is 10.2 Å². The highest BCUT2D eigenvalue weighted by molar-refractivity contribution is 6.32. The number of hydrogen-bond donors (Lipinski definition) is 2. The first-order valence-corrected chi connectivity index (χ1v) is 8.37. The number of amides is 1. The van der Waals surface area contributed by atoms with Gasteiger partial charge in [-0.05, 0) is 43.2 Å². The van der Waals surface area contributed by atoms with E-state index in [-0.39, 0.29) is 17.7 Å². The van der Waals surface area contributed by atoms with Crippen LogP contribution in [0.3, 0.4) is 0 Å². The highest BCUT2D eigenvalue weighted by Gasteiger charge is 2.15. The summed E-state index contributed by atoms with van der Waals surface area (Å²) in [6.45, 7) is 1.50. The van der Waals surface area contributed by atoms with Gasteiger partial charge in [-0.1, -0.05) is 11.6 Å². The Morgan fingerprint density at radius 3 is 2.88 bits per heavy atom. The highest BCUT2D eigenvalue weighted by atomic mass is 35.5. The zero-order chi connectivity index (χ0) is 17.6. The van der Waals surface area contributed by atoms with E-state index >= 15 is 0 Å². The second-order valence-corrected chi connectivity index (χ2v) is 6.03. The average molecular weight is 363 g/mol. The number of ether oxygens (including phenoxy) is 2. The number of benzene rings is 1. The quantitative estimate of drug-likeness (QED) is 0.821. The van der Waals surface area contributed by atoms with Crippen LogP contribution in [0, 0.1) is 0 Å². The standard InChI is InChI=1S/C17H19ClN4O3/c1-24-15-6-4-11(9-13(15)18)20-17(23)14-5-7-16(22-21-14)19-10-12-3-2-8-25-12/h4-7,9,12H,2-3,8,10H2,1H3,(H,19,22)(H,20,23). The predicted molar refractivity (Wildman–Crippen MR) is 95.5 cm³/mol. The number of anilines is 2. The number of carbonyl (C=O) groups excluding carboxylic acids is 1. The van der Waals surface area contributed by atoms with Crippen molar-refractivity contribution in [2.45, 2.75) is 18.9 Å². The summed E-state index contributed by atoms with van der Waals surface area (Å²) in [5, 5.41) is 14.3. The van der Waals surface area contributed by atoms with E-state index in [0.29, 0.717) is 28.8 Å². The number of nitrogens with zero attached hydrogens (tertiary/aromatic N) is 2. The Kier molecular flexibility index (Phi) is 5.67. The van der Waals surface area contributed by atoms with Gasteiger partial charge in [0.2, 0.25) is 0 Å².